The predicted molar refractivity (Wildman–Crippen MR) is 72.5 cm³/mol. The molecule has 0 spiro atoms. The van der Waals surface area contributed by atoms with Gasteiger partial charge in [0, 0.05) is 23.2 Å². The largest absolute Gasteiger partial charge is 0.483 e. The summed E-state index contributed by atoms with van der Waals surface area (Å²) in [6.07, 6.45) is 3.34. The molecule has 0 saturated heterocycles. The Balaban J connectivity index is 2.03. The Morgan fingerprint density at radius 1 is 1.40 bits per heavy atom. The summed E-state index contributed by atoms with van der Waals surface area (Å²) in [6, 6.07) is 6.29. The average Bonchev–Trinajstić information content (AvgIpc) is 2.44. The molecule has 1 aromatic heterocycles. The highest BCUT2D eigenvalue weighted by atomic mass is 16.5. The fourth-order valence-corrected chi connectivity index (χ4v) is 1.71. The van der Waals surface area contributed by atoms with Gasteiger partial charge in [-0.05, 0) is 19.1 Å². The zero-order valence-electron chi connectivity index (χ0n) is 10.9. The van der Waals surface area contributed by atoms with Crippen molar-refractivity contribution in [2.75, 3.05) is 6.61 Å². The van der Waals surface area contributed by atoms with Crippen molar-refractivity contribution < 1.29 is 19.4 Å². The maximum atomic E-state index is 11.6. The molecule has 0 unspecified atom stereocenters. The third-order valence-electron chi connectivity index (χ3n) is 2.75. The van der Waals surface area contributed by atoms with Crippen LogP contribution in [0, 0.1) is 0 Å². The summed E-state index contributed by atoms with van der Waals surface area (Å²) >= 11 is 0. The van der Waals surface area contributed by atoms with Gasteiger partial charge in [0.25, 0.3) is 5.91 Å². The minimum Gasteiger partial charge on any atom is -0.483 e. The Hall–Kier alpha value is -2.63. The predicted octanol–water partition coefficient (Wildman–Crippen LogP) is 1.20. The highest BCUT2D eigenvalue weighted by molar-refractivity contribution is 5.88. The van der Waals surface area contributed by atoms with Crippen LogP contribution in [0.3, 0.4) is 0 Å². The number of hydrogen-bond donors (Lipinski definition) is 2. The number of rotatable bonds is 5. The lowest BCUT2D eigenvalue weighted by Crippen LogP contribution is -2.40. The fourth-order valence-electron chi connectivity index (χ4n) is 1.71. The van der Waals surface area contributed by atoms with Crippen molar-refractivity contribution in [1.82, 2.24) is 10.3 Å². The summed E-state index contributed by atoms with van der Waals surface area (Å²) in [6.45, 7) is 1.16. The van der Waals surface area contributed by atoms with Crippen molar-refractivity contribution in [3.05, 3.63) is 36.7 Å². The topological polar surface area (TPSA) is 88.5 Å². The molecule has 0 saturated carbocycles. The number of nitrogens with one attached hydrogen (secondary N) is 1. The maximum absolute atomic E-state index is 11.6. The molecule has 2 N–H and O–H groups in total. The molecule has 6 heteroatoms. The third kappa shape index (κ3) is 3.23. The number of pyridine rings is 1. The zero-order chi connectivity index (χ0) is 14.5. The first-order chi connectivity index (χ1) is 9.58. The maximum Gasteiger partial charge on any atom is 0.325 e. The van der Waals surface area contributed by atoms with E-state index in [-0.39, 0.29) is 6.61 Å². The SMILES string of the molecule is C[C@H](NC(=O)COc1cccc2cnccc12)C(=O)O. The molecule has 0 aliphatic heterocycles. The lowest BCUT2D eigenvalue weighted by molar-refractivity contribution is -0.141. The second-order valence-electron chi connectivity index (χ2n) is 4.27. The summed E-state index contributed by atoms with van der Waals surface area (Å²) in [7, 11) is 0. The molecule has 1 heterocycles. The summed E-state index contributed by atoms with van der Waals surface area (Å²) in [5.74, 6) is -1.01. The minimum absolute atomic E-state index is 0.237. The van der Waals surface area contributed by atoms with E-state index >= 15 is 0 Å². The summed E-state index contributed by atoms with van der Waals surface area (Å²) in [4.78, 5) is 26.2. The number of carboxylic acids is 1. The highest BCUT2D eigenvalue weighted by Gasteiger charge is 2.14. The van der Waals surface area contributed by atoms with Crippen molar-refractivity contribution in [2.24, 2.45) is 0 Å². The van der Waals surface area contributed by atoms with Crippen LogP contribution in [-0.2, 0) is 9.59 Å². The molecule has 2 aromatic rings. The number of amides is 1. The Kier molecular flexibility index (Phi) is 4.14. The molecular weight excluding hydrogens is 260 g/mol. The van der Waals surface area contributed by atoms with Gasteiger partial charge < -0.3 is 15.2 Å². The number of carboxylic acid groups (broad SMARTS) is 1. The van der Waals surface area contributed by atoms with Crippen LogP contribution < -0.4 is 10.1 Å². The van der Waals surface area contributed by atoms with Gasteiger partial charge in [0.1, 0.15) is 11.8 Å². The number of benzene rings is 1. The van der Waals surface area contributed by atoms with E-state index in [9.17, 15) is 9.59 Å². The van der Waals surface area contributed by atoms with Gasteiger partial charge in [-0.15, -0.1) is 0 Å². The van der Waals surface area contributed by atoms with E-state index in [1.54, 1.807) is 30.6 Å². The van der Waals surface area contributed by atoms with E-state index in [0.29, 0.717) is 5.75 Å². The fraction of sp³-hybridized carbons (Fsp3) is 0.214. The van der Waals surface area contributed by atoms with E-state index in [0.717, 1.165) is 10.8 Å². The van der Waals surface area contributed by atoms with E-state index < -0.39 is 17.9 Å². The lowest BCUT2D eigenvalue weighted by Gasteiger charge is -2.11. The molecule has 2 rings (SSSR count). The third-order valence-corrected chi connectivity index (χ3v) is 2.75. The van der Waals surface area contributed by atoms with Crippen molar-refractivity contribution >= 4 is 22.6 Å². The second kappa shape index (κ2) is 6.01. The van der Waals surface area contributed by atoms with Crippen LogP contribution >= 0.6 is 0 Å². The van der Waals surface area contributed by atoms with Crippen LogP contribution in [0.2, 0.25) is 0 Å². The van der Waals surface area contributed by atoms with Crippen LogP contribution in [0.5, 0.6) is 5.75 Å². The van der Waals surface area contributed by atoms with Crippen LogP contribution in [0.25, 0.3) is 10.8 Å². The Morgan fingerprint density at radius 3 is 2.95 bits per heavy atom. The Labute approximate surface area is 115 Å². The van der Waals surface area contributed by atoms with Gasteiger partial charge in [0.05, 0.1) is 0 Å². The molecular formula is C14H14N2O4. The van der Waals surface area contributed by atoms with Gasteiger partial charge in [-0.3, -0.25) is 14.6 Å². The molecule has 1 amide bonds. The van der Waals surface area contributed by atoms with Gasteiger partial charge >= 0.3 is 5.97 Å². The minimum atomic E-state index is -1.09. The van der Waals surface area contributed by atoms with Crippen LogP contribution in [-0.4, -0.2) is 34.6 Å². The van der Waals surface area contributed by atoms with Gasteiger partial charge in [-0.25, -0.2) is 0 Å². The number of aromatic nitrogens is 1. The number of ether oxygens (including phenoxy) is 1. The smallest absolute Gasteiger partial charge is 0.325 e. The summed E-state index contributed by atoms with van der Waals surface area (Å²) < 4.78 is 5.43. The molecule has 0 aliphatic carbocycles. The summed E-state index contributed by atoms with van der Waals surface area (Å²) in [5, 5.41) is 12.8. The molecule has 1 aromatic carbocycles. The molecule has 104 valence electrons. The van der Waals surface area contributed by atoms with Gasteiger partial charge in [-0.2, -0.15) is 0 Å². The van der Waals surface area contributed by atoms with Crippen LogP contribution in [0.15, 0.2) is 36.7 Å². The van der Waals surface area contributed by atoms with E-state index in [1.165, 1.54) is 6.92 Å². The number of carbonyl (C=O) groups is 2. The molecule has 0 aliphatic rings. The number of carbonyl (C=O) groups excluding carboxylic acids is 1. The molecule has 1 atom stereocenters. The zero-order valence-corrected chi connectivity index (χ0v) is 10.9. The number of nitrogens with zero attached hydrogens (tertiary/aromatic N) is 1. The number of aliphatic carboxylic acids is 1. The average molecular weight is 274 g/mol. The summed E-state index contributed by atoms with van der Waals surface area (Å²) in [5.41, 5.74) is 0. The van der Waals surface area contributed by atoms with E-state index in [4.69, 9.17) is 9.84 Å². The van der Waals surface area contributed by atoms with Gasteiger partial charge in [0.15, 0.2) is 6.61 Å². The number of hydrogen-bond acceptors (Lipinski definition) is 4. The molecule has 0 radical (unpaired) electrons. The monoisotopic (exact) mass is 274 g/mol. The first kappa shape index (κ1) is 13.8. The first-order valence-corrected chi connectivity index (χ1v) is 6.05. The lowest BCUT2D eigenvalue weighted by atomic mass is 10.1. The normalized spacial score (nSPS) is 11.8. The highest BCUT2D eigenvalue weighted by Crippen LogP contribution is 2.24. The second-order valence-corrected chi connectivity index (χ2v) is 4.27. The van der Waals surface area contributed by atoms with Crippen molar-refractivity contribution in [1.29, 1.82) is 0 Å². The Morgan fingerprint density at radius 2 is 2.20 bits per heavy atom. The molecule has 6 nitrogen and oxygen atoms in total. The van der Waals surface area contributed by atoms with Gasteiger partial charge in [0.2, 0.25) is 0 Å². The molecule has 20 heavy (non-hydrogen) atoms. The first-order valence-electron chi connectivity index (χ1n) is 6.05. The van der Waals surface area contributed by atoms with E-state index in [2.05, 4.69) is 10.3 Å². The van der Waals surface area contributed by atoms with Crippen molar-refractivity contribution in [3.63, 3.8) is 0 Å². The van der Waals surface area contributed by atoms with E-state index in [1.807, 2.05) is 6.07 Å². The Bertz CT molecular complexity index is 637. The quantitative estimate of drug-likeness (QED) is 0.855. The van der Waals surface area contributed by atoms with Crippen molar-refractivity contribution in [2.45, 2.75) is 13.0 Å². The van der Waals surface area contributed by atoms with Crippen molar-refractivity contribution in [3.8, 4) is 5.75 Å². The van der Waals surface area contributed by atoms with Gasteiger partial charge in [-0.1, -0.05) is 12.1 Å². The molecule has 0 bridgehead atoms. The van der Waals surface area contributed by atoms with Crippen LogP contribution in [0.1, 0.15) is 6.92 Å². The van der Waals surface area contributed by atoms with Crippen LogP contribution in [0.4, 0.5) is 0 Å². The standard InChI is InChI=1S/C14H14N2O4/c1-9(14(18)19)16-13(17)8-20-12-4-2-3-10-7-15-6-5-11(10)12/h2-7,9H,8H2,1H3,(H,16,17)(H,18,19)/t9-/m0/s1. The molecule has 0 fully saturated rings. The number of fused-ring (bicyclic) bond motifs is 1.